The van der Waals surface area contributed by atoms with Gasteiger partial charge >= 0.3 is 0 Å². The largest absolute Gasteiger partial charge is 0.326 e. The molecule has 0 bridgehead atoms. The molecule has 5 nitrogen and oxygen atoms in total. The van der Waals surface area contributed by atoms with E-state index in [1.165, 1.54) is 0 Å². The Balaban J connectivity index is 1.76. The highest BCUT2D eigenvalue weighted by molar-refractivity contribution is 6.01. The number of amides is 2. The van der Waals surface area contributed by atoms with Gasteiger partial charge in [0.25, 0.3) is 0 Å². The van der Waals surface area contributed by atoms with Gasteiger partial charge in [0, 0.05) is 24.3 Å². The van der Waals surface area contributed by atoms with Crippen LogP contribution in [0.4, 0.5) is 11.4 Å². The van der Waals surface area contributed by atoms with Crippen LogP contribution in [0.2, 0.25) is 0 Å². The Bertz CT molecular complexity index is 899. The van der Waals surface area contributed by atoms with Gasteiger partial charge in [-0.15, -0.1) is 0 Å². The van der Waals surface area contributed by atoms with Crippen LogP contribution in [0.1, 0.15) is 35.1 Å². The monoisotopic (exact) mass is 379 g/mol. The van der Waals surface area contributed by atoms with E-state index in [9.17, 15) is 9.59 Å². The molecule has 3 N–H and O–H groups in total. The molecule has 1 fully saturated rings. The van der Waals surface area contributed by atoms with Gasteiger partial charge in [0.15, 0.2) is 0 Å². The van der Waals surface area contributed by atoms with Crippen LogP contribution in [-0.2, 0) is 9.59 Å². The summed E-state index contributed by atoms with van der Waals surface area (Å²) in [5.74, 6) is -0.226. The lowest BCUT2D eigenvalue weighted by Gasteiger charge is -2.27. The molecule has 5 heteroatoms. The highest BCUT2D eigenvalue weighted by Crippen LogP contribution is 2.33. The second kappa shape index (κ2) is 8.15. The van der Waals surface area contributed by atoms with E-state index in [4.69, 9.17) is 0 Å². The number of carbonyl (C=O) groups is 2. The standard InChI is InChI=1S/C23H29N3O2/c1-15-7-5-9-19(17(15)3)25-21(27)13-23(11-12-24-14-23)22(28)26-20-10-6-8-16(2)18(20)4/h5-10,24H,11-14H2,1-4H3,(H,25,27)(H,26,28). The van der Waals surface area contributed by atoms with Gasteiger partial charge in [-0.05, 0) is 75.0 Å². The number of aryl methyl sites for hydroxylation is 2. The quantitative estimate of drug-likeness (QED) is 0.739. The minimum atomic E-state index is -0.738. The number of nitrogens with one attached hydrogen (secondary N) is 3. The summed E-state index contributed by atoms with van der Waals surface area (Å²) < 4.78 is 0. The Hall–Kier alpha value is -2.66. The lowest BCUT2D eigenvalue weighted by molar-refractivity contribution is -0.129. The first-order valence-electron chi connectivity index (χ1n) is 9.77. The van der Waals surface area contributed by atoms with E-state index in [1.807, 2.05) is 64.1 Å². The summed E-state index contributed by atoms with van der Waals surface area (Å²) in [6.45, 7) is 9.27. The molecular weight excluding hydrogens is 350 g/mol. The number of benzene rings is 2. The second-order valence-electron chi connectivity index (χ2n) is 7.88. The van der Waals surface area contributed by atoms with Crippen molar-refractivity contribution in [2.24, 2.45) is 5.41 Å². The van der Waals surface area contributed by atoms with E-state index < -0.39 is 5.41 Å². The summed E-state index contributed by atoms with van der Waals surface area (Å²) in [5, 5.41) is 9.31. The van der Waals surface area contributed by atoms with Gasteiger partial charge in [-0.1, -0.05) is 24.3 Å². The normalized spacial score (nSPS) is 18.7. The highest BCUT2D eigenvalue weighted by Gasteiger charge is 2.43. The van der Waals surface area contributed by atoms with Crippen molar-refractivity contribution >= 4 is 23.2 Å². The van der Waals surface area contributed by atoms with Crippen LogP contribution in [0.3, 0.4) is 0 Å². The van der Waals surface area contributed by atoms with Crippen LogP contribution in [0.5, 0.6) is 0 Å². The van der Waals surface area contributed by atoms with Crippen LogP contribution in [0.15, 0.2) is 36.4 Å². The molecule has 0 saturated carbocycles. The lowest BCUT2D eigenvalue weighted by Crippen LogP contribution is -2.41. The summed E-state index contributed by atoms with van der Waals surface area (Å²) >= 11 is 0. The van der Waals surface area contributed by atoms with Gasteiger partial charge in [-0.3, -0.25) is 9.59 Å². The van der Waals surface area contributed by atoms with E-state index in [2.05, 4.69) is 16.0 Å². The van der Waals surface area contributed by atoms with E-state index in [0.29, 0.717) is 13.0 Å². The van der Waals surface area contributed by atoms with Crippen molar-refractivity contribution < 1.29 is 9.59 Å². The summed E-state index contributed by atoms with van der Waals surface area (Å²) in [7, 11) is 0. The molecule has 0 aliphatic carbocycles. The van der Waals surface area contributed by atoms with E-state index >= 15 is 0 Å². The van der Waals surface area contributed by atoms with Crippen LogP contribution in [-0.4, -0.2) is 24.9 Å². The molecule has 1 aliphatic rings. The van der Waals surface area contributed by atoms with E-state index in [1.54, 1.807) is 0 Å². The number of anilines is 2. The van der Waals surface area contributed by atoms with Crippen molar-refractivity contribution in [2.75, 3.05) is 23.7 Å². The first-order valence-corrected chi connectivity index (χ1v) is 9.77. The molecule has 0 radical (unpaired) electrons. The molecule has 1 saturated heterocycles. The maximum Gasteiger partial charge on any atom is 0.232 e. The number of hydrogen-bond donors (Lipinski definition) is 3. The first-order chi connectivity index (χ1) is 13.3. The molecule has 2 aromatic carbocycles. The third-order valence-electron chi connectivity index (χ3n) is 5.96. The van der Waals surface area contributed by atoms with Crippen molar-refractivity contribution in [3.63, 3.8) is 0 Å². The average molecular weight is 380 g/mol. The third-order valence-corrected chi connectivity index (χ3v) is 5.96. The van der Waals surface area contributed by atoms with Gasteiger partial charge in [-0.25, -0.2) is 0 Å². The molecule has 0 spiro atoms. The molecule has 1 unspecified atom stereocenters. The molecule has 3 rings (SSSR count). The van der Waals surface area contributed by atoms with E-state index in [0.717, 1.165) is 40.2 Å². The Morgan fingerprint density at radius 1 is 0.929 bits per heavy atom. The molecule has 0 aromatic heterocycles. The highest BCUT2D eigenvalue weighted by atomic mass is 16.2. The molecule has 1 aliphatic heterocycles. The van der Waals surface area contributed by atoms with Gasteiger partial charge in [0.2, 0.25) is 11.8 Å². The minimum absolute atomic E-state index is 0.0951. The summed E-state index contributed by atoms with van der Waals surface area (Å²) in [4.78, 5) is 26.0. The van der Waals surface area contributed by atoms with Gasteiger partial charge in [0.1, 0.15) is 0 Å². The van der Waals surface area contributed by atoms with Crippen molar-refractivity contribution in [1.82, 2.24) is 5.32 Å². The van der Waals surface area contributed by atoms with Crippen molar-refractivity contribution in [1.29, 1.82) is 0 Å². The summed E-state index contributed by atoms with van der Waals surface area (Å²) in [6.07, 6.45) is 0.800. The smallest absolute Gasteiger partial charge is 0.232 e. The first kappa shape index (κ1) is 20.1. The molecule has 2 amide bonds. The maximum absolute atomic E-state index is 13.2. The molecule has 28 heavy (non-hydrogen) atoms. The van der Waals surface area contributed by atoms with Gasteiger partial charge < -0.3 is 16.0 Å². The number of hydrogen-bond acceptors (Lipinski definition) is 3. The number of carbonyl (C=O) groups excluding carboxylic acids is 2. The molecule has 148 valence electrons. The van der Waals surface area contributed by atoms with Crippen LogP contribution in [0, 0.1) is 33.1 Å². The zero-order valence-corrected chi connectivity index (χ0v) is 17.1. The number of rotatable bonds is 5. The van der Waals surface area contributed by atoms with Gasteiger partial charge in [0.05, 0.1) is 5.41 Å². The predicted octanol–water partition coefficient (Wildman–Crippen LogP) is 3.87. The van der Waals surface area contributed by atoms with Crippen molar-refractivity contribution in [2.45, 2.75) is 40.5 Å². The summed E-state index contributed by atoms with van der Waals surface area (Å²) in [5.41, 5.74) is 5.24. The molecule has 1 heterocycles. The molecule has 2 aromatic rings. The predicted molar refractivity (Wildman–Crippen MR) is 114 cm³/mol. The minimum Gasteiger partial charge on any atom is -0.326 e. The van der Waals surface area contributed by atoms with Crippen LogP contribution in [0.25, 0.3) is 0 Å². The topological polar surface area (TPSA) is 70.2 Å². The fraction of sp³-hybridized carbons (Fsp3) is 0.391. The Labute approximate surface area is 166 Å². The zero-order valence-electron chi connectivity index (χ0n) is 17.1. The Morgan fingerprint density at radius 3 is 2.04 bits per heavy atom. The third kappa shape index (κ3) is 4.09. The van der Waals surface area contributed by atoms with Crippen molar-refractivity contribution in [3.8, 4) is 0 Å². The Kier molecular flexibility index (Phi) is 5.84. The van der Waals surface area contributed by atoms with Crippen LogP contribution < -0.4 is 16.0 Å². The zero-order chi connectivity index (χ0) is 20.3. The van der Waals surface area contributed by atoms with Crippen LogP contribution >= 0.6 is 0 Å². The molecular formula is C23H29N3O2. The second-order valence-corrected chi connectivity index (χ2v) is 7.88. The van der Waals surface area contributed by atoms with Crippen molar-refractivity contribution in [3.05, 3.63) is 58.7 Å². The fourth-order valence-electron chi connectivity index (χ4n) is 3.70. The molecule has 1 atom stereocenters. The Morgan fingerprint density at radius 2 is 1.50 bits per heavy atom. The SMILES string of the molecule is Cc1cccc(NC(=O)CC2(C(=O)Nc3cccc(C)c3C)CCNC2)c1C. The average Bonchev–Trinajstić information content (AvgIpc) is 3.12. The lowest BCUT2D eigenvalue weighted by atomic mass is 9.82. The summed E-state index contributed by atoms with van der Waals surface area (Å²) in [6, 6.07) is 11.7. The van der Waals surface area contributed by atoms with E-state index in [-0.39, 0.29) is 18.2 Å². The fourth-order valence-corrected chi connectivity index (χ4v) is 3.70. The van der Waals surface area contributed by atoms with Gasteiger partial charge in [-0.2, -0.15) is 0 Å². The maximum atomic E-state index is 13.2.